The van der Waals surface area contributed by atoms with Crippen molar-refractivity contribution in [1.82, 2.24) is 15.5 Å². The highest BCUT2D eigenvalue weighted by atomic mass is 16.2. The lowest BCUT2D eigenvalue weighted by Crippen LogP contribution is -2.51. The Hall–Kier alpha value is -1.76. The fourth-order valence-electron chi connectivity index (χ4n) is 1.80. The summed E-state index contributed by atoms with van der Waals surface area (Å²) in [4.78, 5) is 34.6. The third kappa shape index (κ3) is 6.34. The molecular formula is C15H27N5O2. The average Bonchev–Trinajstić information content (AvgIpc) is 2.89. The van der Waals surface area contributed by atoms with Gasteiger partial charge in [-0.2, -0.15) is 0 Å². The van der Waals surface area contributed by atoms with Crippen LogP contribution in [0.2, 0.25) is 0 Å². The Morgan fingerprint density at radius 2 is 2.00 bits per heavy atom. The van der Waals surface area contributed by atoms with Gasteiger partial charge in [-0.25, -0.2) is 4.99 Å². The zero-order valence-electron chi connectivity index (χ0n) is 14.1. The van der Waals surface area contributed by atoms with E-state index in [1.807, 2.05) is 39.8 Å². The van der Waals surface area contributed by atoms with Gasteiger partial charge in [0.25, 0.3) is 0 Å². The van der Waals surface area contributed by atoms with Crippen LogP contribution in [-0.4, -0.2) is 68.5 Å². The van der Waals surface area contributed by atoms with Crippen LogP contribution in [0.1, 0.15) is 27.2 Å². The van der Waals surface area contributed by atoms with Crippen LogP contribution in [0.25, 0.3) is 0 Å². The smallest absolute Gasteiger partial charge is 0.242 e. The number of hydrogen-bond donors (Lipinski definition) is 2. The molecule has 0 aliphatic carbocycles. The number of hydrogen-bond acceptors (Lipinski definition) is 5. The van der Waals surface area contributed by atoms with Crippen molar-refractivity contribution in [1.29, 1.82) is 0 Å². The van der Waals surface area contributed by atoms with Gasteiger partial charge in [-0.1, -0.05) is 20.8 Å². The maximum atomic E-state index is 12.3. The fourth-order valence-corrected chi connectivity index (χ4v) is 1.80. The van der Waals surface area contributed by atoms with Crippen LogP contribution < -0.4 is 10.6 Å². The highest BCUT2D eigenvalue weighted by molar-refractivity contribution is 5.90. The van der Waals surface area contributed by atoms with E-state index in [2.05, 4.69) is 20.6 Å². The molecule has 2 unspecified atom stereocenters. The number of rotatable bonds is 7. The van der Waals surface area contributed by atoms with Gasteiger partial charge >= 0.3 is 0 Å². The van der Waals surface area contributed by atoms with Gasteiger partial charge in [-0.05, 0) is 14.1 Å². The molecular weight excluding hydrogens is 282 g/mol. The lowest BCUT2D eigenvalue weighted by molar-refractivity contribution is -0.133. The summed E-state index contributed by atoms with van der Waals surface area (Å²) in [7, 11) is 3.88. The van der Waals surface area contributed by atoms with Crippen molar-refractivity contribution >= 4 is 24.4 Å². The molecule has 0 aromatic carbocycles. The Morgan fingerprint density at radius 3 is 2.50 bits per heavy atom. The fraction of sp³-hybridized carbons (Fsp3) is 0.733. The van der Waals surface area contributed by atoms with E-state index in [9.17, 15) is 9.59 Å². The number of carbonyl (C=O) groups excluding carboxylic acids is 2. The molecule has 0 bridgehead atoms. The van der Waals surface area contributed by atoms with Crippen LogP contribution in [0.5, 0.6) is 0 Å². The number of amides is 2. The number of nitrogens with one attached hydrogen (secondary N) is 2. The molecule has 0 saturated carbocycles. The molecule has 0 radical (unpaired) electrons. The summed E-state index contributed by atoms with van der Waals surface area (Å²) >= 11 is 0. The number of likely N-dealkylation sites (N-methyl/N-ethyl adjacent to an activating group) is 1. The number of aliphatic imine (C=N–C) groups is 2. The minimum atomic E-state index is -0.611. The first kappa shape index (κ1) is 18.3. The standard InChI is InChI=1S/C15H27N5O2/c1-15(2,3)14(22)19-12(8-11-9-16-10-18-11)13(21)17-6-7-20(4)5/h9-12H,6-8H2,1-5H3,(H,17,21)(H,19,22). The third-order valence-corrected chi connectivity index (χ3v) is 3.22. The molecule has 1 aliphatic rings. The molecule has 7 nitrogen and oxygen atoms in total. The normalized spacial score (nSPS) is 18.5. The SMILES string of the molecule is CN(C)CCNC(=O)C(CC1C=NC=N1)NC(=O)C(C)(C)C. The zero-order chi connectivity index (χ0) is 16.8. The van der Waals surface area contributed by atoms with Crippen molar-refractivity contribution in [3.63, 3.8) is 0 Å². The monoisotopic (exact) mass is 309 g/mol. The van der Waals surface area contributed by atoms with Crippen molar-refractivity contribution in [2.75, 3.05) is 27.2 Å². The maximum absolute atomic E-state index is 12.3. The van der Waals surface area contributed by atoms with Gasteiger partial charge in [-0.15, -0.1) is 0 Å². The van der Waals surface area contributed by atoms with Crippen molar-refractivity contribution in [2.45, 2.75) is 39.3 Å². The van der Waals surface area contributed by atoms with E-state index in [-0.39, 0.29) is 17.9 Å². The van der Waals surface area contributed by atoms with Gasteiger partial charge in [0.05, 0.1) is 6.04 Å². The van der Waals surface area contributed by atoms with E-state index >= 15 is 0 Å². The van der Waals surface area contributed by atoms with Gasteiger partial charge in [-0.3, -0.25) is 14.6 Å². The molecule has 2 amide bonds. The Balaban J connectivity index is 2.64. The van der Waals surface area contributed by atoms with Crippen molar-refractivity contribution in [3.05, 3.63) is 0 Å². The summed E-state index contributed by atoms with van der Waals surface area (Å²) in [6.07, 6.45) is 3.57. The molecule has 0 aromatic rings. The second-order valence-electron chi connectivity index (χ2n) is 6.74. The summed E-state index contributed by atoms with van der Waals surface area (Å²) in [6, 6.07) is -0.773. The molecule has 22 heavy (non-hydrogen) atoms. The molecule has 7 heteroatoms. The topological polar surface area (TPSA) is 86.2 Å². The molecule has 0 aromatic heterocycles. The minimum Gasteiger partial charge on any atom is -0.353 e. The van der Waals surface area contributed by atoms with Crippen LogP contribution >= 0.6 is 0 Å². The van der Waals surface area contributed by atoms with E-state index in [0.717, 1.165) is 6.54 Å². The molecule has 1 rings (SSSR count). The van der Waals surface area contributed by atoms with E-state index in [4.69, 9.17) is 0 Å². The lowest BCUT2D eigenvalue weighted by atomic mass is 9.94. The molecule has 0 saturated heterocycles. The Labute approximate surface area is 132 Å². The zero-order valence-corrected chi connectivity index (χ0v) is 14.1. The minimum absolute atomic E-state index is 0.154. The van der Waals surface area contributed by atoms with E-state index < -0.39 is 11.5 Å². The second-order valence-corrected chi connectivity index (χ2v) is 6.74. The summed E-state index contributed by atoms with van der Waals surface area (Å²) in [5.74, 6) is -0.339. The highest BCUT2D eigenvalue weighted by Gasteiger charge is 2.29. The van der Waals surface area contributed by atoms with Gasteiger partial charge in [0.15, 0.2) is 0 Å². The number of nitrogens with zero attached hydrogens (tertiary/aromatic N) is 3. The first-order valence-corrected chi connectivity index (χ1v) is 7.48. The molecule has 124 valence electrons. The summed E-state index contributed by atoms with van der Waals surface area (Å²) in [5, 5.41) is 5.67. The third-order valence-electron chi connectivity index (χ3n) is 3.22. The van der Waals surface area contributed by atoms with Crippen molar-refractivity contribution in [3.8, 4) is 0 Å². The molecule has 1 heterocycles. The first-order valence-electron chi connectivity index (χ1n) is 7.48. The van der Waals surface area contributed by atoms with E-state index in [0.29, 0.717) is 13.0 Å². The largest absolute Gasteiger partial charge is 0.353 e. The molecule has 2 atom stereocenters. The predicted molar refractivity (Wildman–Crippen MR) is 88.3 cm³/mol. The predicted octanol–water partition coefficient (Wildman–Crippen LogP) is 0.0665. The van der Waals surface area contributed by atoms with Crippen LogP contribution in [0.15, 0.2) is 9.98 Å². The van der Waals surface area contributed by atoms with Crippen LogP contribution in [0, 0.1) is 5.41 Å². The van der Waals surface area contributed by atoms with Crippen LogP contribution in [0.3, 0.4) is 0 Å². The summed E-state index contributed by atoms with van der Waals surface area (Å²) < 4.78 is 0. The van der Waals surface area contributed by atoms with E-state index in [1.165, 1.54) is 6.34 Å². The van der Waals surface area contributed by atoms with Crippen molar-refractivity contribution in [2.24, 2.45) is 15.4 Å². The molecule has 1 aliphatic heterocycles. The summed E-state index contributed by atoms with van der Waals surface area (Å²) in [6.45, 7) is 6.74. The summed E-state index contributed by atoms with van der Waals surface area (Å²) in [5.41, 5.74) is -0.546. The maximum Gasteiger partial charge on any atom is 0.242 e. The van der Waals surface area contributed by atoms with Gasteiger partial charge in [0, 0.05) is 31.1 Å². The van der Waals surface area contributed by atoms with Crippen LogP contribution in [-0.2, 0) is 9.59 Å². The van der Waals surface area contributed by atoms with Gasteiger partial charge < -0.3 is 15.5 Å². The quantitative estimate of drug-likeness (QED) is 0.697. The van der Waals surface area contributed by atoms with Crippen LogP contribution in [0.4, 0.5) is 0 Å². The average molecular weight is 309 g/mol. The van der Waals surface area contributed by atoms with Gasteiger partial charge in [0.2, 0.25) is 11.8 Å². The van der Waals surface area contributed by atoms with Crippen molar-refractivity contribution < 1.29 is 9.59 Å². The lowest BCUT2D eigenvalue weighted by Gasteiger charge is -2.24. The highest BCUT2D eigenvalue weighted by Crippen LogP contribution is 2.14. The molecule has 0 fully saturated rings. The number of carbonyl (C=O) groups is 2. The molecule has 0 spiro atoms. The van der Waals surface area contributed by atoms with E-state index in [1.54, 1.807) is 6.21 Å². The first-order chi connectivity index (χ1) is 10.2. The molecule has 2 N–H and O–H groups in total. The van der Waals surface area contributed by atoms with Gasteiger partial charge in [0.1, 0.15) is 12.4 Å². The Morgan fingerprint density at radius 1 is 1.32 bits per heavy atom. The second kappa shape index (κ2) is 8.03. The Kier molecular flexibility index (Phi) is 6.67. The Bertz CT molecular complexity index is 439.